The van der Waals surface area contributed by atoms with Gasteiger partial charge in [-0.2, -0.15) is 0 Å². The highest BCUT2D eigenvalue weighted by atomic mass is 19.1. The van der Waals surface area contributed by atoms with Crippen LogP contribution in [0.25, 0.3) is 0 Å². The van der Waals surface area contributed by atoms with E-state index in [0.29, 0.717) is 26.2 Å². The number of carbonyl (C=O) groups excluding carboxylic acids is 2. The van der Waals surface area contributed by atoms with Crippen molar-refractivity contribution in [1.82, 2.24) is 9.80 Å². The molecular formula is C17H21FN2O3. The van der Waals surface area contributed by atoms with Gasteiger partial charge < -0.3 is 14.5 Å². The second kappa shape index (κ2) is 6.66. The van der Waals surface area contributed by atoms with Crippen LogP contribution in [-0.2, 0) is 14.3 Å². The van der Waals surface area contributed by atoms with Gasteiger partial charge in [-0.25, -0.2) is 4.39 Å². The summed E-state index contributed by atoms with van der Waals surface area (Å²) < 4.78 is 18.8. The Morgan fingerprint density at radius 2 is 1.96 bits per heavy atom. The number of rotatable bonds is 2. The molecule has 2 saturated heterocycles. The van der Waals surface area contributed by atoms with Crippen LogP contribution >= 0.6 is 0 Å². The number of carbonyl (C=O) groups is 2. The molecule has 0 N–H and O–H groups in total. The second-order valence-corrected chi connectivity index (χ2v) is 6.07. The van der Waals surface area contributed by atoms with Crippen molar-refractivity contribution in [3.8, 4) is 0 Å². The molecule has 0 spiro atoms. The maximum absolute atomic E-state index is 13.0. The van der Waals surface area contributed by atoms with E-state index in [-0.39, 0.29) is 29.8 Å². The standard InChI is InChI=1S/C17H21FN2O3/c1-12(21)20-8-2-3-15(20)17(22)19-9-10-23-16(11-19)13-4-6-14(18)7-5-13/h4-7,15-16H,2-3,8-11H2,1H3/t15-,16+/m1/s1. The lowest BCUT2D eigenvalue weighted by atomic mass is 10.1. The van der Waals surface area contributed by atoms with Crippen LogP contribution in [0.3, 0.4) is 0 Å². The highest BCUT2D eigenvalue weighted by Crippen LogP contribution is 2.25. The summed E-state index contributed by atoms with van der Waals surface area (Å²) >= 11 is 0. The molecule has 1 aromatic carbocycles. The summed E-state index contributed by atoms with van der Waals surface area (Å²) in [6, 6.07) is 5.82. The number of nitrogens with zero attached hydrogens (tertiary/aromatic N) is 2. The van der Waals surface area contributed by atoms with E-state index in [4.69, 9.17) is 4.74 Å². The molecule has 0 unspecified atom stereocenters. The average molecular weight is 320 g/mol. The van der Waals surface area contributed by atoms with E-state index < -0.39 is 0 Å². The largest absolute Gasteiger partial charge is 0.370 e. The topological polar surface area (TPSA) is 49.9 Å². The van der Waals surface area contributed by atoms with E-state index >= 15 is 0 Å². The molecule has 2 heterocycles. The maximum atomic E-state index is 13.0. The molecule has 0 saturated carbocycles. The van der Waals surface area contributed by atoms with Crippen LogP contribution in [0.4, 0.5) is 4.39 Å². The zero-order valence-electron chi connectivity index (χ0n) is 13.2. The number of hydrogen-bond acceptors (Lipinski definition) is 3. The summed E-state index contributed by atoms with van der Waals surface area (Å²) in [6.45, 7) is 3.57. The highest BCUT2D eigenvalue weighted by Gasteiger charge is 2.37. The van der Waals surface area contributed by atoms with Crippen LogP contribution in [-0.4, -0.2) is 53.9 Å². The Hall–Kier alpha value is -1.95. The molecule has 2 aliphatic heterocycles. The third-order valence-electron chi connectivity index (χ3n) is 4.56. The van der Waals surface area contributed by atoms with Gasteiger partial charge in [0.1, 0.15) is 18.0 Å². The number of morpholine rings is 1. The quantitative estimate of drug-likeness (QED) is 0.834. The number of amides is 2. The van der Waals surface area contributed by atoms with Crippen LogP contribution in [0.5, 0.6) is 0 Å². The number of ether oxygens (including phenoxy) is 1. The van der Waals surface area contributed by atoms with Crippen LogP contribution in [0, 0.1) is 5.82 Å². The molecule has 2 atom stereocenters. The molecule has 23 heavy (non-hydrogen) atoms. The summed E-state index contributed by atoms with van der Waals surface area (Å²) in [7, 11) is 0. The van der Waals surface area contributed by atoms with Gasteiger partial charge in [-0.05, 0) is 30.5 Å². The Morgan fingerprint density at radius 1 is 1.22 bits per heavy atom. The summed E-state index contributed by atoms with van der Waals surface area (Å²) in [4.78, 5) is 27.8. The SMILES string of the molecule is CC(=O)N1CCC[C@@H]1C(=O)N1CCO[C@H](c2ccc(F)cc2)C1. The van der Waals surface area contributed by atoms with Crippen LogP contribution in [0.2, 0.25) is 0 Å². The van der Waals surface area contributed by atoms with Crippen molar-refractivity contribution in [3.05, 3.63) is 35.6 Å². The Labute approximate surface area is 135 Å². The molecule has 124 valence electrons. The predicted octanol–water partition coefficient (Wildman–Crippen LogP) is 1.74. The van der Waals surface area contributed by atoms with E-state index in [0.717, 1.165) is 18.4 Å². The zero-order chi connectivity index (χ0) is 16.4. The molecular weight excluding hydrogens is 299 g/mol. The molecule has 0 bridgehead atoms. The third kappa shape index (κ3) is 3.37. The average Bonchev–Trinajstić information content (AvgIpc) is 3.05. The first kappa shape index (κ1) is 15.9. The second-order valence-electron chi connectivity index (χ2n) is 6.07. The van der Waals surface area contributed by atoms with Gasteiger partial charge in [-0.3, -0.25) is 9.59 Å². The zero-order valence-corrected chi connectivity index (χ0v) is 13.2. The smallest absolute Gasteiger partial charge is 0.245 e. The van der Waals surface area contributed by atoms with Crippen LogP contribution in [0.1, 0.15) is 31.4 Å². The molecule has 2 amide bonds. The van der Waals surface area contributed by atoms with Gasteiger partial charge >= 0.3 is 0 Å². The minimum Gasteiger partial charge on any atom is -0.370 e. The normalized spacial score (nSPS) is 24.8. The fraction of sp³-hybridized carbons (Fsp3) is 0.529. The van der Waals surface area contributed by atoms with E-state index in [1.807, 2.05) is 0 Å². The lowest BCUT2D eigenvalue weighted by Gasteiger charge is -2.36. The van der Waals surface area contributed by atoms with E-state index in [1.54, 1.807) is 21.9 Å². The molecule has 2 aliphatic rings. The predicted molar refractivity (Wildman–Crippen MR) is 82.1 cm³/mol. The summed E-state index contributed by atoms with van der Waals surface area (Å²) in [5, 5.41) is 0. The molecule has 3 rings (SSSR count). The minimum atomic E-state index is -0.348. The maximum Gasteiger partial charge on any atom is 0.245 e. The number of likely N-dealkylation sites (tertiary alicyclic amines) is 1. The van der Waals surface area contributed by atoms with Gasteiger partial charge in [0.2, 0.25) is 11.8 Å². The molecule has 5 nitrogen and oxygen atoms in total. The molecule has 1 aromatic rings. The van der Waals surface area contributed by atoms with Crippen LogP contribution < -0.4 is 0 Å². The van der Waals surface area contributed by atoms with Gasteiger partial charge in [0, 0.05) is 20.0 Å². The van der Waals surface area contributed by atoms with E-state index in [2.05, 4.69) is 0 Å². The van der Waals surface area contributed by atoms with Gasteiger partial charge in [-0.1, -0.05) is 12.1 Å². The van der Waals surface area contributed by atoms with Crippen molar-refractivity contribution in [2.45, 2.75) is 31.9 Å². The molecule has 0 radical (unpaired) electrons. The Morgan fingerprint density at radius 3 is 2.65 bits per heavy atom. The Kier molecular flexibility index (Phi) is 4.61. The van der Waals surface area contributed by atoms with Crippen molar-refractivity contribution in [2.75, 3.05) is 26.2 Å². The molecule has 2 fully saturated rings. The van der Waals surface area contributed by atoms with E-state index in [1.165, 1.54) is 19.1 Å². The van der Waals surface area contributed by atoms with E-state index in [9.17, 15) is 14.0 Å². The summed E-state index contributed by atoms with van der Waals surface area (Å²) in [5.41, 5.74) is 0.860. The van der Waals surface area contributed by atoms with Crippen molar-refractivity contribution in [2.24, 2.45) is 0 Å². The van der Waals surface area contributed by atoms with Crippen LogP contribution in [0.15, 0.2) is 24.3 Å². The van der Waals surface area contributed by atoms with Crippen molar-refractivity contribution < 1.29 is 18.7 Å². The van der Waals surface area contributed by atoms with Gasteiger partial charge in [0.25, 0.3) is 0 Å². The lowest BCUT2D eigenvalue weighted by molar-refractivity contribution is -0.148. The Balaban J connectivity index is 1.69. The first-order chi connectivity index (χ1) is 11.1. The fourth-order valence-electron chi connectivity index (χ4n) is 3.34. The third-order valence-corrected chi connectivity index (χ3v) is 4.56. The van der Waals surface area contributed by atoms with Crippen molar-refractivity contribution in [1.29, 1.82) is 0 Å². The first-order valence-corrected chi connectivity index (χ1v) is 7.99. The van der Waals surface area contributed by atoms with Gasteiger partial charge in [0.15, 0.2) is 0 Å². The fourth-order valence-corrected chi connectivity index (χ4v) is 3.34. The number of halogens is 1. The number of benzene rings is 1. The van der Waals surface area contributed by atoms with Gasteiger partial charge in [0.05, 0.1) is 13.2 Å². The molecule has 0 aromatic heterocycles. The summed E-state index contributed by atoms with van der Waals surface area (Å²) in [6.07, 6.45) is 1.33. The highest BCUT2D eigenvalue weighted by molar-refractivity contribution is 5.87. The van der Waals surface area contributed by atoms with Crippen molar-refractivity contribution >= 4 is 11.8 Å². The van der Waals surface area contributed by atoms with Gasteiger partial charge in [-0.15, -0.1) is 0 Å². The number of hydrogen-bond donors (Lipinski definition) is 0. The molecule has 6 heteroatoms. The van der Waals surface area contributed by atoms with Crippen molar-refractivity contribution in [3.63, 3.8) is 0 Å². The monoisotopic (exact) mass is 320 g/mol. The Bertz CT molecular complexity index is 590. The summed E-state index contributed by atoms with van der Waals surface area (Å²) in [5.74, 6) is -0.349. The lowest BCUT2D eigenvalue weighted by Crippen LogP contribution is -2.51. The minimum absolute atomic E-state index is 0.00638. The first-order valence-electron chi connectivity index (χ1n) is 7.99. The molecule has 0 aliphatic carbocycles.